The maximum atomic E-state index is 6.28. The van der Waals surface area contributed by atoms with E-state index in [9.17, 15) is 0 Å². The first-order valence-electron chi connectivity index (χ1n) is 9.66. The molecule has 0 spiro atoms. The van der Waals surface area contributed by atoms with Gasteiger partial charge < -0.3 is 25.4 Å². The van der Waals surface area contributed by atoms with Crippen molar-refractivity contribution in [2.24, 2.45) is 5.84 Å². The summed E-state index contributed by atoms with van der Waals surface area (Å²) in [6, 6.07) is 9.30. The van der Waals surface area contributed by atoms with E-state index in [1.54, 1.807) is 6.07 Å². The summed E-state index contributed by atoms with van der Waals surface area (Å²) in [5.41, 5.74) is 14.4. The van der Waals surface area contributed by atoms with Crippen molar-refractivity contribution in [3.8, 4) is 11.5 Å². The molecule has 0 radical (unpaired) electrons. The second kappa shape index (κ2) is 8.66. The number of rotatable bonds is 7. The van der Waals surface area contributed by atoms with Crippen molar-refractivity contribution in [3.05, 3.63) is 47.5 Å². The number of aromatic nitrogens is 3. The van der Waals surface area contributed by atoms with Gasteiger partial charge >= 0.3 is 0 Å². The van der Waals surface area contributed by atoms with Gasteiger partial charge in [-0.15, -0.1) is 0 Å². The van der Waals surface area contributed by atoms with Crippen LogP contribution in [-0.2, 0) is 22.6 Å². The molecule has 1 saturated heterocycles. The Morgan fingerprint density at radius 1 is 1.13 bits per heavy atom. The summed E-state index contributed by atoms with van der Waals surface area (Å²) in [4.78, 5) is 13.0. The lowest BCUT2D eigenvalue weighted by Gasteiger charge is -2.20. The van der Waals surface area contributed by atoms with Gasteiger partial charge in [-0.25, -0.2) is 10.8 Å². The van der Waals surface area contributed by atoms with E-state index in [0.717, 1.165) is 30.2 Å². The van der Waals surface area contributed by atoms with Crippen molar-refractivity contribution >= 4 is 17.5 Å². The molecule has 0 aliphatic carbocycles. The molecule has 0 aromatic carbocycles. The van der Waals surface area contributed by atoms with Gasteiger partial charge in [0.25, 0.3) is 0 Å². The topological polar surface area (TPSA) is 152 Å². The Hall–Kier alpha value is -3.21. The van der Waals surface area contributed by atoms with Crippen LogP contribution in [0.5, 0.6) is 0 Å². The van der Waals surface area contributed by atoms with Gasteiger partial charge in [-0.1, -0.05) is 6.07 Å². The van der Waals surface area contributed by atoms with E-state index < -0.39 is 0 Å². The average molecular weight is 411 g/mol. The van der Waals surface area contributed by atoms with Crippen LogP contribution >= 0.6 is 0 Å². The molecule has 1 unspecified atom stereocenters. The monoisotopic (exact) mass is 411 g/mol. The van der Waals surface area contributed by atoms with Gasteiger partial charge in [-0.2, -0.15) is 4.98 Å². The molecule has 6 N–H and O–H groups in total. The van der Waals surface area contributed by atoms with Crippen LogP contribution in [0.1, 0.15) is 23.6 Å². The summed E-state index contributed by atoms with van der Waals surface area (Å²) in [7, 11) is 0. The number of ether oxygens (including phenoxy) is 2. The summed E-state index contributed by atoms with van der Waals surface area (Å²) in [5.74, 6) is 7.85. The van der Waals surface area contributed by atoms with Crippen molar-refractivity contribution in [2.45, 2.75) is 32.6 Å². The van der Waals surface area contributed by atoms with Crippen LogP contribution in [0.3, 0.4) is 0 Å². The highest BCUT2D eigenvalue weighted by Gasteiger charge is 2.19. The molecule has 10 nitrogen and oxygen atoms in total. The number of hydrazine groups is 1. The third kappa shape index (κ3) is 4.51. The minimum Gasteiger partial charge on any atom is -0.460 e. The number of nitrogen functional groups attached to an aromatic ring is 2. The molecule has 1 aliphatic rings. The zero-order valence-electron chi connectivity index (χ0n) is 16.7. The maximum Gasteiger partial charge on any atom is 0.222 e. The molecule has 3 aromatic rings. The van der Waals surface area contributed by atoms with E-state index in [-0.39, 0.29) is 24.3 Å². The van der Waals surface area contributed by atoms with Crippen LogP contribution in [0, 0.1) is 6.92 Å². The second-order valence-corrected chi connectivity index (χ2v) is 7.12. The summed E-state index contributed by atoms with van der Waals surface area (Å²) >= 11 is 0. The highest BCUT2D eigenvalue weighted by molar-refractivity contribution is 5.79. The first-order valence-corrected chi connectivity index (χ1v) is 9.66. The molecule has 4 rings (SSSR count). The van der Waals surface area contributed by atoms with E-state index >= 15 is 0 Å². The average Bonchev–Trinajstić information content (AvgIpc) is 3.40. The number of nitrogens with two attached hydrogens (primary N) is 3. The number of pyridine rings is 1. The van der Waals surface area contributed by atoms with Crippen LogP contribution in [-0.4, -0.2) is 34.3 Å². The van der Waals surface area contributed by atoms with Crippen LogP contribution < -0.4 is 22.3 Å². The van der Waals surface area contributed by atoms with Gasteiger partial charge in [-0.3, -0.25) is 9.99 Å². The minimum absolute atomic E-state index is 0.0487. The molecule has 1 fully saturated rings. The van der Waals surface area contributed by atoms with Crippen molar-refractivity contribution in [2.75, 3.05) is 29.7 Å². The lowest BCUT2D eigenvalue weighted by Crippen LogP contribution is -2.32. The molecule has 158 valence electrons. The summed E-state index contributed by atoms with van der Waals surface area (Å²) in [6.45, 7) is 3.89. The maximum absolute atomic E-state index is 6.28. The molecule has 1 aliphatic heterocycles. The third-order valence-electron chi connectivity index (χ3n) is 4.74. The van der Waals surface area contributed by atoms with Crippen LogP contribution in [0.15, 0.2) is 34.7 Å². The Morgan fingerprint density at radius 3 is 2.70 bits per heavy atom. The molecule has 30 heavy (non-hydrogen) atoms. The van der Waals surface area contributed by atoms with Crippen LogP contribution in [0.25, 0.3) is 11.5 Å². The quantitative estimate of drug-likeness (QED) is 0.387. The Morgan fingerprint density at radius 2 is 1.97 bits per heavy atom. The van der Waals surface area contributed by atoms with E-state index in [1.165, 1.54) is 5.01 Å². The zero-order chi connectivity index (χ0) is 21.1. The molecule has 4 heterocycles. The first-order chi connectivity index (χ1) is 14.5. The fraction of sp³-hybridized carbons (Fsp3) is 0.350. The minimum atomic E-state index is 0.0487. The van der Waals surface area contributed by atoms with Crippen molar-refractivity contribution < 1.29 is 13.9 Å². The molecular formula is C20H25N7O3. The fourth-order valence-electron chi connectivity index (χ4n) is 3.24. The molecule has 3 aromatic heterocycles. The normalized spacial score (nSPS) is 16.1. The molecule has 1 atom stereocenters. The first kappa shape index (κ1) is 20.1. The number of nitrogens with zero attached hydrogens (tertiary/aromatic N) is 4. The van der Waals surface area contributed by atoms with E-state index in [2.05, 4.69) is 15.0 Å². The van der Waals surface area contributed by atoms with Gasteiger partial charge in [0, 0.05) is 6.61 Å². The standard InChI is InChI=1S/C20H25N7O3/c1-12-5-6-16(30-12)18-17(21)19(26-20(22)25-18)27(23)9-13-3-2-4-14(24-13)10-29-15-7-8-28-11-15/h2-6,15H,7-11,21,23H2,1H3,(H2,22,25,26). The van der Waals surface area contributed by atoms with Crippen molar-refractivity contribution in [1.82, 2.24) is 15.0 Å². The van der Waals surface area contributed by atoms with E-state index in [1.807, 2.05) is 31.2 Å². The van der Waals surface area contributed by atoms with Gasteiger partial charge in [0.1, 0.15) is 17.1 Å². The van der Waals surface area contributed by atoms with Crippen molar-refractivity contribution in [3.63, 3.8) is 0 Å². The molecular weight excluding hydrogens is 386 g/mol. The van der Waals surface area contributed by atoms with Gasteiger partial charge in [0.15, 0.2) is 11.6 Å². The highest BCUT2D eigenvalue weighted by Crippen LogP contribution is 2.32. The summed E-state index contributed by atoms with van der Waals surface area (Å²) in [5, 5.41) is 1.39. The highest BCUT2D eigenvalue weighted by atomic mass is 16.5. The zero-order valence-corrected chi connectivity index (χ0v) is 16.7. The fourth-order valence-corrected chi connectivity index (χ4v) is 3.24. The molecule has 10 heteroatoms. The van der Waals surface area contributed by atoms with Gasteiger partial charge in [-0.05, 0) is 37.6 Å². The third-order valence-corrected chi connectivity index (χ3v) is 4.74. The Bertz CT molecular complexity index is 1020. The second-order valence-electron chi connectivity index (χ2n) is 7.12. The molecule has 0 bridgehead atoms. The number of hydrogen-bond acceptors (Lipinski definition) is 10. The van der Waals surface area contributed by atoms with E-state index in [0.29, 0.717) is 30.5 Å². The Labute approximate surface area is 174 Å². The number of anilines is 3. The number of furan rings is 1. The predicted octanol–water partition coefficient (Wildman–Crippen LogP) is 1.79. The predicted molar refractivity (Wildman–Crippen MR) is 112 cm³/mol. The largest absolute Gasteiger partial charge is 0.460 e. The van der Waals surface area contributed by atoms with Gasteiger partial charge in [0.05, 0.1) is 37.3 Å². The Balaban J connectivity index is 1.50. The number of aryl methyl sites for hydroxylation is 1. The van der Waals surface area contributed by atoms with E-state index in [4.69, 9.17) is 31.2 Å². The smallest absolute Gasteiger partial charge is 0.222 e. The lowest BCUT2D eigenvalue weighted by molar-refractivity contribution is 0.0301. The summed E-state index contributed by atoms with van der Waals surface area (Å²) < 4.78 is 16.8. The van der Waals surface area contributed by atoms with Crippen molar-refractivity contribution in [1.29, 1.82) is 0 Å². The van der Waals surface area contributed by atoms with Gasteiger partial charge in [0.2, 0.25) is 5.95 Å². The molecule has 0 saturated carbocycles. The van der Waals surface area contributed by atoms with Crippen LogP contribution in [0.2, 0.25) is 0 Å². The Kier molecular flexibility index (Phi) is 5.79. The lowest BCUT2D eigenvalue weighted by atomic mass is 10.2. The SMILES string of the molecule is Cc1ccc(-c2nc(N)nc(N(N)Cc3cccc(COC4CCOC4)n3)c2N)o1. The van der Waals surface area contributed by atoms with Crippen LogP contribution in [0.4, 0.5) is 17.5 Å². The number of hydrogen-bond donors (Lipinski definition) is 3. The summed E-state index contributed by atoms with van der Waals surface area (Å²) in [6.07, 6.45) is 1.02. The molecule has 0 amide bonds.